The molecule has 0 aromatic rings. The van der Waals surface area contributed by atoms with E-state index in [0.717, 1.165) is 30.5 Å². The highest BCUT2D eigenvalue weighted by Gasteiger charge is 2.19. The summed E-state index contributed by atoms with van der Waals surface area (Å²) in [5.74, 6) is 2.63. The van der Waals surface area contributed by atoms with Crippen LogP contribution in [0, 0.1) is 5.92 Å². The first kappa shape index (κ1) is 10.2. The van der Waals surface area contributed by atoms with Gasteiger partial charge in [-0.25, -0.2) is 0 Å². The molecule has 1 rings (SSSR count). The van der Waals surface area contributed by atoms with Gasteiger partial charge in [0.15, 0.2) is 0 Å². The van der Waals surface area contributed by atoms with Crippen molar-refractivity contribution in [2.75, 3.05) is 24.6 Å². The van der Waals surface area contributed by atoms with E-state index in [9.17, 15) is 4.21 Å². The molecule has 1 saturated carbocycles. The lowest BCUT2D eigenvalue weighted by Crippen LogP contribution is -2.22. The van der Waals surface area contributed by atoms with Gasteiger partial charge in [0.05, 0.1) is 0 Å². The van der Waals surface area contributed by atoms with Crippen molar-refractivity contribution in [3.8, 4) is 0 Å². The second kappa shape index (κ2) is 5.70. The van der Waals surface area contributed by atoms with Crippen LogP contribution in [0.3, 0.4) is 0 Å². The van der Waals surface area contributed by atoms with Gasteiger partial charge in [-0.05, 0) is 18.9 Å². The van der Waals surface area contributed by atoms with Crippen LogP contribution >= 0.6 is 0 Å². The molecule has 1 fully saturated rings. The molecule has 0 aliphatic heterocycles. The Morgan fingerprint density at radius 2 is 2.17 bits per heavy atom. The third kappa shape index (κ3) is 4.88. The van der Waals surface area contributed by atoms with Gasteiger partial charge >= 0.3 is 0 Å². The maximum atomic E-state index is 11.0. The van der Waals surface area contributed by atoms with Crippen LogP contribution < -0.4 is 5.32 Å². The van der Waals surface area contributed by atoms with Crippen LogP contribution in [0.15, 0.2) is 0 Å². The van der Waals surface area contributed by atoms with Crippen LogP contribution in [0.2, 0.25) is 0 Å². The molecular formula is C9H19NOS. The van der Waals surface area contributed by atoms with Crippen LogP contribution in [0.1, 0.15) is 26.2 Å². The molecule has 12 heavy (non-hydrogen) atoms. The standard InChI is InChI=1S/C9H19NOS/c1-2-12(11)8-7-10-6-5-9-3-4-9/h9-10H,2-8H2,1H3. The quantitative estimate of drug-likeness (QED) is 0.609. The first-order valence-electron chi connectivity index (χ1n) is 4.88. The van der Waals surface area contributed by atoms with E-state index in [1.54, 1.807) is 0 Å². The van der Waals surface area contributed by atoms with E-state index in [4.69, 9.17) is 0 Å². The van der Waals surface area contributed by atoms with Gasteiger partial charge in [-0.15, -0.1) is 0 Å². The third-order valence-electron chi connectivity index (χ3n) is 2.25. The summed E-state index contributed by atoms with van der Waals surface area (Å²) in [6.07, 6.45) is 4.18. The lowest BCUT2D eigenvalue weighted by atomic mass is 10.3. The summed E-state index contributed by atoms with van der Waals surface area (Å²) < 4.78 is 11.0. The summed E-state index contributed by atoms with van der Waals surface area (Å²) in [6.45, 7) is 4.01. The number of nitrogens with one attached hydrogen (secondary N) is 1. The minimum atomic E-state index is -0.588. The summed E-state index contributed by atoms with van der Waals surface area (Å²) in [5, 5.41) is 3.33. The molecule has 0 aromatic heterocycles. The van der Waals surface area contributed by atoms with Gasteiger partial charge < -0.3 is 5.32 Å². The van der Waals surface area contributed by atoms with Crippen molar-refractivity contribution in [1.29, 1.82) is 0 Å². The smallest absolute Gasteiger partial charge is 0.0359 e. The molecule has 1 aliphatic rings. The van der Waals surface area contributed by atoms with E-state index in [0.29, 0.717) is 0 Å². The van der Waals surface area contributed by atoms with Gasteiger partial charge in [-0.3, -0.25) is 4.21 Å². The van der Waals surface area contributed by atoms with E-state index in [2.05, 4.69) is 5.32 Å². The Balaban J connectivity index is 1.78. The fourth-order valence-corrected chi connectivity index (χ4v) is 1.83. The largest absolute Gasteiger partial charge is 0.316 e. The predicted octanol–water partition coefficient (Wildman–Crippen LogP) is 1.14. The lowest BCUT2D eigenvalue weighted by molar-refractivity contribution is 0.627. The SMILES string of the molecule is CCS(=O)CCNCCC1CC1. The van der Waals surface area contributed by atoms with Crippen molar-refractivity contribution in [1.82, 2.24) is 5.32 Å². The van der Waals surface area contributed by atoms with Gasteiger partial charge in [0, 0.05) is 28.9 Å². The van der Waals surface area contributed by atoms with Gasteiger partial charge in [0.25, 0.3) is 0 Å². The van der Waals surface area contributed by atoms with Crippen LogP contribution in [0.25, 0.3) is 0 Å². The van der Waals surface area contributed by atoms with E-state index in [1.807, 2.05) is 6.92 Å². The zero-order chi connectivity index (χ0) is 8.81. The molecule has 1 aliphatic carbocycles. The molecule has 1 unspecified atom stereocenters. The van der Waals surface area contributed by atoms with E-state index < -0.39 is 10.8 Å². The van der Waals surface area contributed by atoms with Crippen molar-refractivity contribution in [3.63, 3.8) is 0 Å². The fraction of sp³-hybridized carbons (Fsp3) is 1.00. The van der Waals surface area contributed by atoms with Gasteiger partial charge in [-0.2, -0.15) is 0 Å². The molecule has 0 spiro atoms. The maximum absolute atomic E-state index is 11.0. The van der Waals surface area contributed by atoms with Gasteiger partial charge in [0.1, 0.15) is 0 Å². The van der Waals surface area contributed by atoms with Crippen molar-refractivity contribution in [2.45, 2.75) is 26.2 Å². The Kier molecular flexibility index (Phi) is 4.84. The minimum absolute atomic E-state index is 0.588. The molecular weight excluding hydrogens is 170 g/mol. The zero-order valence-corrected chi connectivity index (χ0v) is 8.66. The molecule has 0 radical (unpaired) electrons. The van der Waals surface area contributed by atoms with E-state index in [1.165, 1.54) is 19.3 Å². The first-order valence-corrected chi connectivity index (χ1v) is 6.37. The van der Waals surface area contributed by atoms with Crippen molar-refractivity contribution < 1.29 is 4.21 Å². The average Bonchev–Trinajstić information content (AvgIpc) is 2.87. The molecule has 0 bridgehead atoms. The van der Waals surface area contributed by atoms with E-state index in [-0.39, 0.29) is 0 Å². The highest BCUT2D eigenvalue weighted by molar-refractivity contribution is 7.84. The van der Waals surface area contributed by atoms with Crippen LogP contribution in [0.4, 0.5) is 0 Å². The second-order valence-corrected chi connectivity index (χ2v) is 5.28. The van der Waals surface area contributed by atoms with Crippen LogP contribution in [-0.2, 0) is 10.8 Å². The summed E-state index contributed by atoms with van der Waals surface area (Å²) in [7, 11) is -0.588. The first-order chi connectivity index (χ1) is 5.83. The minimum Gasteiger partial charge on any atom is -0.316 e. The van der Waals surface area contributed by atoms with Crippen LogP contribution in [-0.4, -0.2) is 28.8 Å². The van der Waals surface area contributed by atoms with Gasteiger partial charge in [0.2, 0.25) is 0 Å². The number of rotatable bonds is 7. The van der Waals surface area contributed by atoms with E-state index >= 15 is 0 Å². The molecule has 2 nitrogen and oxygen atoms in total. The van der Waals surface area contributed by atoms with Crippen molar-refractivity contribution in [3.05, 3.63) is 0 Å². The summed E-state index contributed by atoms with van der Waals surface area (Å²) in [4.78, 5) is 0. The fourth-order valence-electron chi connectivity index (χ4n) is 1.17. The zero-order valence-electron chi connectivity index (χ0n) is 7.84. The molecule has 0 saturated heterocycles. The Morgan fingerprint density at radius 1 is 1.42 bits per heavy atom. The monoisotopic (exact) mass is 189 g/mol. The Morgan fingerprint density at radius 3 is 2.75 bits per heavy atom. The normalized spacial score (nSPS) is 19.4. The number of hydrogen-bond donors (Lipinski definition) is 1. The highest BCUT2D eigenvalue weighted by Crippen LogP contribution is 2.31. The number of hydrogen-bond acceptors (Lipinski definition) is 2. The molecule has 1 N–H and O–H groups in total. The summed E-state index contributed by atoms with van der Waals surface area (Å²) in [6, 6.07) is 0. The molecule has 0 amide bonds. The maximum Gasteiger partial charge on any atom is 0.0359 e. The van der Waals surface area contributed by atoms with Gasteiger partial charge in [-0.1, -0.05) is 19.8 Å². The van der Waals surface area contributed by atoms with Crippen molar-refractivity contribution in [2.24, 2.45) is 5.92 Å². The topological polar surface area (TPSA) is 29.1 Å². The average molecular weight is 189 g/mol. The highest BCUT2D eigenvalue weighted by atomic mass is 32.2. The molecule has 72 valence electrons. The summed E-state index contributed by atoms with van der Waals surface area (Å²) in [5.41, 5.74) is 0. The molecule has 1 atom stereocenters. The Hall–Kier alpha value is 0.110. The molecule has 3 heteroatoms. The molecule has 0 heterocycles. The summed E-state index contributed by atoms with van der Waals surface area (Å²) >= 11 is 0. The van der Waals surface area contributed by atoms with Crippen molar-refractivity contribution >= 4 is 10.8 Å². The lowest BCUT2D eigenvalue weighted by Gasteiger charge is -2.02. The Bertz CT molecular complexity index is 145. The molecule has 0 aromatic carbocycles. The predicted molar refractivity (Wildman–Crippen MR) is 53.8 cm³/mol. The van der Waals surface area contributed by atoms with Crippen LogP contribution in [0.5, 0.6) is 0 Å². The Labute approximate surface area is 77.6 Å². The second-order valence-electron chi connectivity index (χ2n) is 3.41. The third-order valence-corrected chi connectivity index (χ3v) is 3.56.